The number of hydrogen-bond donors (Lipinski definition) is 0. The molecule has 4 rings (SSSR count). The molecule has 3 heterocycles. The van der Waals surface area contributed by atoms with Gasteiger partial charge in [0.1, 0.15) is 0 Å². The summed E-state index contributed by atoms with van der Waals surface area (Å²) in [6, 6.07) is 7.94. The van der Waals surface area contributed by atoms with Crippen molar-refractivity contribution in [1.82, 2.24) is 19.8 Å². The van der Waals surface area contributed by atoms with Gasteiger partial charge in [-0.25, -0.2) is 9.97 Å². The fraction of sp³-hybridized carbons (Fsp3) is 0.476. The summed E-state index contributed by atoms with van der Waals surface area (Å²) in [6.07, 6.45) is 2.72. The molecule has 0 radical (unpaired) electrons. The van der Waals surface area contributed by atoms with Crippen LogP contribution in [0.3, 0.4) is 0 Å². The molecule has 0 spiro atoms. The van der Waals surface area contributed by atoms with Gasteiger partial charge in [0.15, 0.2) is 0 Å². The molecule has 1 fully saturated rings. The zero-order valence-electron chi connectivity index (χ0n) is 16.6. The van der Waals surface area contributed by atoms with E-state index in [0.29, 0.717) is 19.7 Å². The molecule has 2 aliphatic rings. The van der Waals surface area contributed by atoms with Gasteiger partial charge in [-0.05, 0) is 31.8 Å². The summed E-state index contributed by atoms with van der Waals surface area (Å²) in [6.45, 7) is 5.06. The normalized spacial score (nSPS) is 17.0. The summed E-state index contributed by atoms with van der Waals surface area (Å²) in [7, 11) is 4.08. The Kier molecular flexibility index (Phi) is 5.54. The summed E-state index contributed by atoms with van der Waals surface area (Å²) >= 11 is 0. The predicted octanol–water partition coefficient (Wildman–Crippen LogP) is 1.57. The van der Waals surface area contributed by atoms with Crippen LogP contribution in [-0.4, -0.2) is 72.6 Å². The van der Waals surface area contributed by atoms with Gasteiger partial charge in [-0.1, -0.05) is 12.1 Å². The Morgan fingerprint density at radius 2 is 1.89 bits per heavy atom. The number of nitrogens with zero attached hydrogens (tertiary/aromatic N) is 5. The van der Waals surface area contributed by atoms with Gasteiger partial charge >= 0.3 is 0 Å². The third-order valence-corrected chi connectivity index (χ3v) is 5.23. The van der Waals surface area contributed by atoms with E-state index in [1.807, 2.05) is 49.5 Å². The van der Waals surface area contributed by atoms with Crippen molar-refractivity contribution in [3.05, 3.63) is 52.8 Å². The minimum absolute atomic E-state index is 0.0968. The summed E-state index contributed by atoms with van der Waals surface area (Å²) in [4.78, 5) is 28.3. The van der Waals surface area contributed by atoms with Crippen molar-refractivity contribution in [1.29, 1.82) is 0 Å². The van der Waals surface area contributed by atoms with Crippen molar-refractivity contribution in [2.24, 2.45) is 0 Å². The summed E-state index contributed by atoms with van der Waals surface area (Å²) < 4.78 is 5.45. The van der Waals surface area contributed by atoms with Crippen LogP contribution in [0.25, 0.3) is 0 Å². The number of benzene rings is 1. The molecule has 2 aliphatic heterocycles. The Bertz CT molecular complexity index is 829. The van der Waals surface area contributed by atoms with Crippen molar-refractivity contribution in [2.45, 2.75) is 19.6 Å². The van der Waals surface area contributed by atoms with Crippen LogP contribution in [0.5, 0.6) is 0 Å². The standard InChI is InChI=1S/C21H27N5O2/c1-24(2)14-16-3-5-17(6-4-16)20(27)25-8-10-26(11-9-25)21-22-13-18-15-28-12-7-19(18)23-21/h3-6,13H,7-12,14-15H2,1-2H3. The smallest absolute Gasteiger partial charge is 0.253 e. The third kappa shape index (κ3) is 4.15. The SMILES string of the molecule is CN(C)Cc1ccc(C(=O)N2CCN(c3ncc4c(n3)CCOC4)CC2)cc1. The van der Waals surface area contributed by atoms with E-state index >= 15 is 0 Å². The first-order valence-electron chi connectivity index (χ1n) is 9.80. The molecule has 1 amide bonds. The molecule has 28 heavy (non-hydrogen) atoms. The molecule has 1 saturated heterocycles. The number of carbonyl (C=O) groups excluding carboxylic acids is 1. The number of amides is 1. The first kappa shape index (κ1) is 18.8. The third-order valence-electron chi connectivity index (χ3n) is 5.23. The molecule has 0 N–H and O–H groups in total. The molecule has 1 aromatic carbocycles. The highest BCUT2D eigenvalue weighted by Crippen LogP contribution is 2.19. The number of rotatable bonds is 4. The molecule has 148 valence electrons. The number of piperazine rings is 1. The first-order valence-corrected chi connectivity index (χ1v) is 9.80. The van der Waals surface area contributed by atoms with Crippen LogP contribution in [0.4, 0.5) is 5.95 Å². The van der Waals surface area contributed by atoms with Gasteiger partial charge in [-0.3, -0.25) is 4.79 Å². The van der Waals surface area contributed by atoms with Crippen molar-refractivity contribution in [3.8, 4) is 0 Å². The fourth-order valence-electron chi connectivity index (χ4n) is 3.68. The van der Waals surface area contributed by atoms with E-state index in [1.54, 1.807) is 0 Å². The quantitative estimate of drug-likeness (QED) is 0.801. The van der Waals surface area contributed by atoms with E-state index in [9.17, 15) is 4.79 Å². The number of hydrogen-bond acceptors (Lipinski definition) is 6. The molecule has 0 bridgehead atoms. The number of fused-ring (bicyclic) bond motifs is 1. The van der Waals surface area contributed by atoms with Gasteiger partial charge in [0.05, 0.1) is 18.9 Å². The lowest BCUT2D eigenvalue weighted by Crippen LogP contribution is -2.49. The second kappa shape index (κ2) is 8.24. The number of aromatic nitrogens is 2. The van der Waals surface area contributed by atoms with Crippen LogP contribution in [-0.2, 0) is 24.3 Å². The van der Waals surface area contributed by atoms with Crippen molar-refractivity contribution < 1.29 is 9.53 Å². The fourth-order valence-corrected chi connectivity index (χ4v) is 3.68. The zero-order chi connectivity index (χ0) is 19.5. The van der Waals surface area contributed by atoms with Crippen LogP contribution < -0.4 is 4.90 Å². The second-order valence-corrected chi connectivity index (χ2v) is 7.66. The first-order chi connectivity index (χ1) is 13.6. The molecular formula is C21H27N5O2. The van der Waals surface area contributed by atoms with Crippen LogP contribution in [0.1, 0.15) is 27.2 Å². The van der Waals surface area contributed by atoms with E-state index in [0.717, 1.165) is 55.4 Å². The largest absolute Gasteiger partial charge is 0.376 e. The predicted molar refractivity (Wildman–Crippen MR) is 107 cm³/mol. The van der Waals surface area contributed by atoms with E-state index in [2.05, 4.69) is 14.8 Å². The Morgan fingerprint density at radius 3 is 2.61 bits per heavy atom. The molecule has 0 atom stereocenters. The maximum atomic E-state index is 12.8. The van der Waals surface area contributed by atoms with Crippen molar-refractivity contribution >= 4 is 11.9 Å². The molecule has 0 unspecified atom stereocenters. The molecule has 7 heteroatoms. The summed E-state index contributed by atoms with van der Waals surface area (Å²) in [5, 5.41) is 0. The van der Waals surface area contributed by atoms with Crippen LogP contribution in [0.2, 0.25) is 0 Å². The maximum absolute atomic E-state index is 12.8. The van der Waals surface area contributed by atoms with E-state index < -0.39 is 0 Å². The molecule has 1 aromatic heterocycles. The van der Waals surface area contributed by atoms with E-state index in [1.165, 1.54) is 5.56 Å². The van der Waals surface area contributed by atoms with Gasteiger partial charge in [-0.2, -0.15) is 0 Å². The van der Waals surface area contributed by atoms with Crippen LogP contribution in [0, 0.1) is 0 Å². The second-order valence-electron chi connectivity index (χ2n) is 7.66. The Balaban J connectivity index is 1.36. The number of ether oxygens (including phenoxy) is 1. The molecule has 0 saturated carbocycles. The van der Waals surface area contributed by atoms with E-state index in [4.69, 9.17) is 9.72 Å². The van der Waals surface area contributed by atoms with Gasteiger partial charge in [-0.15, -0.1) is 0 Å². The minimum Gasteiger partial charge on any atom is -0.376 e. The van der Waals surface area contributed by atoms with Crippen molar-refractivity contribution in [3.63, 3.8) is 0 Å². The molecule has 7 nitrogen and oxygen atoms in total. The lowest BCUT2D eigenvalue weighted by molar-refractivity contribution is 0.0746. The monoisotopic (exact) mass is 381 g/mol. The van der Waals surface area contributed by atoms with Gasteiger partial charge in [0.25, 0.3) is 5.91 Å². The summed E-state index contributed by atoms with van der Waals surface area (Å²) in [5.41, 5.74) is 4.14. The number of carbonyl (C=O) groups is 1. The van der Waals surface area contributed by atoms with Gasteiger partial charge in [0, 0.05) is 56.5 Å². The Morgan fingerprint density at radius 1 is 1.14 bits per heavy atom. The zero-order valence-corrected chi connectivity index (χ0v) is 16.6. The van der Waals surface area contributed by atoms with E-state index in [-0.39, 0.29) is 5.91 Å². The van der Waals surface area contributed by atoms with Crippen LogP contribution >= 0.6 is 0 Å². The van der Waals surface area contributed by atoms with Crippen molar-refractivity contribution in [2.75, 3.05) is 51.8 Å². The lowest BCUT2D eigenvalue weighted by Gasteiger charge is -2.35. The lowest BCUT2D eigenvalue weighted by atomic mass is 10.1. The topological polar surface area (TPSA) is 61.8 Å². The average molecular weight is 381 g/mol. The van der Waals surface area contributed by atoms with Gasteiger partial charge < -0.3 is 19.4 Å². The molecule has 2 aromatic rings. The minimum atomic E-state index is 0.0968. The highest BCUT2D eigenvalue weighted by Gasteiger charge is 2.24. The van der Waals surface area contributed by atoms with Crippen LogP contribution in [0.15, 0.2) is 30.5 Å². The highest BCUT2D eigenvalue weighted by molar-refractivity contribution is 5.94. The molecular weight excluding hydrogens is 354 g/mol. The van der Waals surface area contributed by atoms with Gasteiger partial charge in [0.2, 0.25) is 5.95 Å². The average Bonchev–Trinajstić information content (AvgIpc) is 2.73. The Hall–Kier alpha value is -2.51. The Labute approximate surface area is 165 Å². The highest BCUT2D eigenvalue weighted by atomic mass is 16.5. The summed E-state index contributed by atoms with van der Waals surface area (Å²) in [5.74, 6) is 0.861. The molecule has 0 aliphatic carbocycles. The number of anilines is 1. The maximum Gasteiger partial charge on any atom is 0.253 e.